The quantitative estimate of drug-likeness (QED) is 0.766. The fourth-order valence-electron chi connectivity index (χ4n) is 1.69. The van der Waals surface area contributed by atoms with Gasteiger partial charge in [0.05, 0.1) is 11.9 Å². The Hall–Kier alpha value is -1.43. The molecular weight excluding hydrogens is 242 g/mol. The van der Waals surface area contributed by atoms with Gasteiger partial charge in [0.15, 0.2) is 0 Å². The van der Waals surface area contributed by atoms with Crippen LogP contribution in [-0.2, 0) is 17.9 Å². The Kier molecular flexibility index (Phi) is 4.19. The van der Waals surface area contributed by atoms with Gasteiger partial charge in [-0.2, -0.15) is 0 Å². The van der Waals surface area contributed by atoms with Crippen LogP contribution < -0.4 is 10.6 Å². The van der Waals surface area contributed by atoms with Crippen LogP contribution in [0, 0.1) is 0 Å². The second-order valence-electron chi connectivity index (χ2n) is 5.85. The van der Waals surface area contributed by atoms with Crippen LogP contribution in [0.25, 0.3) is 0 Å². The Balaban J connectivity index is 1.79. The van der Waals surface area contributed by atoms with Crippen LogP contribution in [-0.4, -0.2) is 32.5 Å². The van der Waals surface area contributed by atoms with Crippen molar-refractivity contribution >= 4 is 5.91 Å². The molecule has 6 nitrogen and oxygen atoms in total. The van der Waals surface area contributed by atoms with Gasteiger partial charge in [-0.05, 0) is 33.1 Å². The molecule has 1 fully saturated rings. The first kappa shape index (κ1) is 14.0. The van der Waals surface area contributed by atoms with Crippen LogP contribution in [0.2, 0.25) is 0 Å². The number of hydrogen-bond acceptors (Lipinski definition) is 4. The van der Waals surface area contributed by atoms with E-state index in [0.29, 0.717) is 6.04 Å². The van der Waals surface area contributed by atoms with E-state index in [2.05, 4.69) is 27.9 Å². The van der Waals surface area contributed by atoms with Crippen LogP contribution in [0.3, 0.4) is 0 Å². The highest BCUT2D eigenvalue weighted by molar-refractivity contribution is 5.76. The summed E-state index contributed by atoms with van der Waals surface area (Å²) in [5, 5.41) is 14.4. The van der Waals surface area contributed by atoms with E-state index in [4.69, 9.17) is 0 Å². The topological polar surface area (TPSA) is 71.8 Å². The van der Waals surface area contributed by atoms with Gasteiger partial charge in [0, 0.05) is 18.1 Å². The fourth-order valence-corrected chi connectivity index (χ4v) is 1.69. The van der Waals surface area contributed by atoms with Gasteiger partial charge in [0.25, 0.3) is 0 Å². The van der Waals surface area contributed by atoms with Crippen molar-refractivity contribution in [2.24, 2.45) is 0 Å². The molecule has 0 spiro atoms. The van der Waals surface area contributed by atoms with E-state index in [1.54, 1.807) is 4.68 Å². The second-order valence-corrected chi connectivity index (χ2v) is 5.85. The molecule has 0 saturated heterocycles. The van der Waals surface area contributed by atoms with Crippen LogP contribution in [0.5, 0.6) is 0 Å². The highest BCUT2D eigenvalue weighted by Gasteiger charge is 2.21. The minimum atomic E-state index is -0.173. The molecule has 1 heterocycles. The van der Waals surface area contributed by atoms with Gasteiger partial charge >= 0.3 is 0 Å². The molecule has 0 bridgehead atoms. The van der Waals surface area contributed by atoms with Crippen molar-refractivity contribution in [3.8, 4) is 0 Å². The number of carbonyl (C=O) groups is 1. The molecular formula is C13H23N5O. The van der Waals surface area contributed by atoms with Crippen molar-refractivity contribution in [1.82, 2.24) is 25.6 Å². The first-order valence-corrected chi connectivity index (χ1v) is 6.92. The highest BCUT2D eigenvalue weighted by atomic mass is 16.2. The SMILES string of the molecule is CCC(C)(C)NC(=O)Cn1cc(CNC2CC2)nn1. The van der Waals surface area contributed by atoms with Gasteiger partial charge in [-0.1, -0.05) is 12.1 Å². The van der Waals surface area contributed by atoms with E-state index in [0.717, 1.165) is 18.7 Å². The van der Waals surface area contributed by atoms with Gasteiger partial charge in [-0.3, -0.25) is 4.79 Å². The van der Waals surface area contributed by atoms with E-state index in [-0.39, 0.29) is 18.0 Å². The maximum atomic E-state index is 11.9. The van der Waals surface area contributed by atoms with E-state index in [1.807, 2.05) is 20.0 Å². The van der Waals surface area contributed by atoms with Gasteiger partial charge in [-0.25, -0.2) is 4.68 Å². The second kappa shape index (κ2) is 5.69. The molecule has 0 aromatic carbocycles. The Morgan fingerprint density at radius 2 is 2.26 bits per heavy atom. The third kappa shape index (κ3) is 4.63. The third-order valence-corrected chi connectivity index (χ3v) is 3.40. The summed E-state index contributed by atoms with van der Waals surface area (Å²) < 4.78 is 1.59. The lowest BCUT2D eigenvalue weighted by atomic mass is 10.0. The summed E-state index contributed by atoms with van der Waals surface area (Å²) in [4.78, 5) is 11.9. The Labute approximate surface area is 113 Å². The molecule has 1 aliphatic rings. The molecule has 1 saturated carbocycles. The molecule has 106 valence electrons. The number of hydrogen-bond donors (Lipinski definition) is 2. The van der Waals surface area contributed by atoms with E-state index >= 15 is 0 Å². The average molecular weight is 265 g/mol. The zero-order chi connectivity index (χ0) is 13.9. The normalized spacial score (nSPS) is 15.5. The molecule has 0 radical (unpaired) electrons. The summed E-state index contributed by atoms with van der Waals surface area (Å²) in [5.74, 6) is -0.0292. The number of amides is 1. The summed E-state index contributed by atoms with van der Waals surface area (Å²) in [7, 11) is 0. The van der Waals surface area contributed by atoms with Crippen molar-refractivity contribution < 1.29 is 4.79 Å². The smallest absolute Gasteiger partial charge is 0.242 e. The maximum Gasteiger partial charge on any atom is 0.242 e. The molecule has 0 aliphatic heterocycles. The first-order chi connectivity index (χ1) is 8.98. The van der Waals surface area contributed by atoms with Crippen molar-refractivity contribution in [3.05, 3.63) is 11.9 Å². The molecule has 0 unspecified atom stereocenters. The van der Waals surface area contributed by atoms with Crippen molar-refractivity contribution in [2.45, 2.75) is 64.7 Å². The molecule has 2 N–H and O–H groups in total. The number of carbonyl (C=O) groups excluding carboxylic acids is 1. The highest BCUT2D eigenvalue weighted by Crippen LogP contribution is 2.18. The molecule has 19 heavy (non-hydrogen) atoms. The predicted octanol–water partition coefficient (Wildman–Crippen LogP) is 0.835. The van der Waals surface area contributed by atoms with E-state index in [1.165, 1.54) is 12.8 Å². The van der Waals surface area contributed by atoms with Gasteiger partial charge in [-0.15, -0.1) is 5.10 Å². The third-order valence-electron chi connectivity index (χ3n) is 3.40. The van der Waals surface area contributed by atoms with Crippen molar-refractivity contribution in [1.29, 1.82) is 0 Å². The lowest BCUT2D eigenvalue weighted by Crippen LogP contribution is -2.44. The molecule has 1 aromatic rings. The Morgan fingerprint density at radius 1 is 1.53 bits per heavy atom. The molecule has 0 atom stereocenters. The van der Waals surface area contributed by atoms with Crippen LogP contribution in [0.4, 0.5) is 0 Å². The average Bonchev–Trinajstić information content (AvgIpc) is 3.07. The number of aromatic nitrogens is 3. The molecule has 1 aromatic heterocycles. The Bertz CT molecular complexity index is 436. The summed E-state index contributed by atoms with van der Waals surface area (Å²) in [5.41, 5.74) is 0.711. The van der Waals surface area contributed by atoms with Gasteiger partial charge in [0.2, 0.25) is 5.91 Å². The minimum Gasteiger partial charge on any atom is -0.350 e. The van der Waals surface area contributed by atoms with Crippen LogP contribution in [0.15, 0.2) is 6.20 Å². The molecule has 1 aliphatic carbocycles. The minimum absolute atomic E-state index is 0.0292. The zero-order valence-corrected chi connectivity index (χ0v) is 11.9. The monoisotopic (exact) mass is 265 g/mol. The number of nitrogens with zero attached hydrogens (tertiary/aromatic N) is 3. The fraction of sp³-hybridized carbons (Fsp3) is 0.769. The maximum absolute atomic E-state index is 11.9. The zero-order valence-electron chi connectivity index (χ0n) is 11.9. The van der Waals surface area contributed by atoms with Gasteiger partial charge in [0.1, 0.15) is 6.54 Å². The van der Waals surface area contributed by atoms with E-state index < -0.39 is 0 Å². The standard InChI is InChI=1S/C13H23N5O/c1-4-13(2,3)15-12(19)9-18-8-11(16-17-18)7-14-10-5-6-10/h8,10,14H,4-7,9H2,1-3H3,(H,15,19). The van der Waals surface area contributed by atoms with E-state index in [9.17, 15) is 4.79 Å². The number of rotatable bonds is 7. The summed E-state index contributed by atoms with van der Waals surface area (Å²) in [6.07, 6.45) is 5.23. The van der Waals surface area contributed by atoms with Crippen LogP contribution in [0.1, 0.15) is 45.7 Å². The lowest BCUT2D eigenvalue weighted by molar-refractivity contribution is -0.123. The van der Waals surface area contributed by atoms with Crippen LogP contribution >= 0.6 is 0 Å². The van der Waals surface area contributed by atoms with Crippen molar-refractivity contribution in [2.75, 3.05) is 0 Å². The lowest BCUT2D eigenvalue weighted by Gasteiger charge is -2.24. The summed E-state index contributed by atoms with van der Waals surface area (Å²) in [6.45, 7) is 7.03. The van der Waals surface area contributed by atoms with Crippen molar-refractivity contribution in [3.63, 3.8) is 0 Å². The number of nitrogens with one attached hydrogen (secondary N) is 2. The first-order valence-electron chi connectivity index (χ1n) is 6.92. The largest absolute Gasteiger partial charge is 0.350 e. The van der Waals surface area contributed by atoms with Gasteiger partial charge < -0.3 is 10.6 Å². The summed E-state index contributed by atoms with van der Waals surface area (Å²) >= 11 is 0. The summed E-state index contributed by atoms with van der Waals surface area (Å²) in [6, 6.07) is 0.652. The molecule has 1 amide bonds. The molecule has 6 heteroatoms. The Morgan fingerprint density at radius 3 is 2.89 bits per heavy atom. The molecule has 2 rings (SSSR count). The predicted molar refractivity (Wildman–Crippen MR) is 72.4 cm³/mol.